The molecule has 1 aromatic heterocycles. The summed E-state index contributed by atoms with van der Waals surface area (Å²) in [6, 6.07) is 11.1. The van der Waals surface area contributed by atoms with Gasteiger partial charge in [0.2, 0.25) is 0 Å². The lowest BCUT2D eigenvalue weighted by Gasteiger charge is -2.09. The Hall–Kier alpha value is -3.33. The quantitative estimate of drug-likeness (QED) is 0.774. The molecule has 1 N–H and O–H groups in total. The van der Waals surface area contributed by atoms with Gasteiger partial charge in [0.1, 0.15) is 29.1 Å². The zero-order valence-corrected chi connectivity index (χ0v) is 12.1. The van der Waals surface area contributed by atoms with Crippen molar-refractivity contribution < 1.29 is 13.2 Å². The fourth-order valence-corrected chi connectivity index (χ4v) is 2.37. The highest BCUT2D eigenvalue weighted by Crippen LogP contribution is 2.28. The third-order valence-electron chi connectivity index (χ3n) is 3.52. The molecule has 0 saturated heterocycles. The van der Waals surface area contributed by atoms with Crippen molar-refractivity contribution in [1.82, 2.24) is 4.98 Å². The smallest absolute Gasteiger partial charge is 0.266 e. The number of rotatable bonds is 2. The molecular weight excluding hydrogens is 317 g/mol. The number of nitrogens with one attached hydrogen (secondary N) is 1. The molecule has 0 aliphatic carbocycles. The van der Waals surface area contributed by atoms with E-state index in [-0.39, 0.29) is 22.4 Å². The topological polar surface area (TPSA) is 56.6 Å². The third-order valence-corrected chi connectivity index (χ3v) is 3.52. The highest BCUT2D eigenvalue weighted by Gasteiger charge is 2.16. The fraction of sp³-hybridized carbons (Fsp3) is 0. The molecule has 0 saturated carbocycles. The largest absolute Gasteiger partial charge is 0.321 e. The lowest BCUT2D eigenvalue weighted by Crippen LogP contribution is -2.13. The van der Waals surface area contributed by atoms with Crippen molar-refractivity contribution in [2.45, 2.75) is 0 Å². The van der Waals surface area contributed by atoms with E-state index in [0.717, 1.165) is 18.2 Å². The highest BCUT2D eigenvalue weighted by atomic mass is 19.1. The Labute approximate surface area is 134 Å². The first-order valence-electron chi connectivity index (χ1n) is 6.88. The summed E-state index contributed by atoms with van der Waals surface area (Å²) in [6.07, 6.45) is 0. The van der Waals surface area contributed by atoms with Gasteiger partial charge in [0.05, 0.1) is 0 Å². The van der Waals surface area contributed by atoms with Crippen LogP contribution in [0.5, 0.6) is 0 Å². The molecular formula is C18H9F3N2O. The van der Waals surface area contributed by atoms with Crippen LogP contribution in [0.3, 0.4) is 0 Å². The molecule has 0 bridgehead atoms. The number of hydrogen-bond acceptors (Lipinski definition) is 2. The number of benzene rings is 2. The van der Waals surface area contributed by atoms with Crippen LogP contribution in [0.4, 0.5) is 13.2 Å². The summed E-state index contributed by atoms with van der Waals surface area (Å²) in [5.74, 6) is -1.91. The highest BCUT2D eigenvalue weighted by molar-refractivity contribution is 5.75. The molecule has 6 heteroatoms. The van der Waals surface area contributed by atoms with Gasteiger partial charge < -0.3 is 4.98 Å². The van der Waals surface area contributed by atoms with Crippen molar-refractivity contribution in [3.05, 3.63) is 81.9 Å². The van der Waals surface area contributed by atoms with E-state index in [9.17, 15) is 23.2 Å². The van der Waals surface area contributed by atoms with E-state index in [1.165, 1.54) is 30.3 Å². The number of hydrogen-bond donors (Lipinski definition) is 1. The summed E-state index contributed by atoms with van der Waals surface area (Å²) in [4.78, 5) is 14.6. The zero-order chi connectivity index (χ0) is 17.3. The molecule has 2 aromatic carbocycles. The van der Waals surface area contributed by atoms with Crippen molar-refractivity contribution in [1.29, 1.82) is 5.26 Å². The summed E-state index contributed by atoms with van der Waals surface area (Å²) >= 11 is 0. The van der Waals surface area contributed by atoms with Crippen LogP contribution in [-0.2, 0) is 0 Å². The van der Waals surface area contributed by atoms with Crippen molar-refractivity contribution >= 4 is 0 Å². The Morgan fingerprint density at radius 1 is 0.875 bits per heavy atom. The Balaban J connectivity index is 2.29. The number of nitriles is 1. The molecule has 24 heavy (non-hydrogen) atoms. The number of halogens is 3. The van der Waals surface area contributed by atoms with E-state index in [0.29, 0.717) is 5.56 Å². The van der Waals surface area contributed by atoms with Crippen LogP contribution in [0.1, 0.15) is 5.56 Å². The Bertz CT molecular complexity index is 1020. The Morgan fingerprint density at radius 3 is 2.21 bits per heavy atom. The Kier molecular flexibility index (Phi) is 3.92. The van der Waals surface area contributed by atoms with Crippen LogP contribution < -0.4 is 5.56 Å². The molecule has 0 unspecified atom stereocenters. The second-order valence-electron chi connectivity index (χ2n) is 5.04. The molecule has 118 valence electrons. The summed E-state index contributed by atoms with van der Waals surface area (Å²) < 4.78 is 40.5. The number of aromatic nitrogens is 1. The second-order valence-corrected chi connectivity index (χ2v) is 5.04. The number of aromatic amines is 1. The molecule has 1 heterocycles. The molecule has 3 rings (SSSR count). The van der Waals surface area contributed by atoms with Crippen LogP contribution in [0.25, 0.3) is 22.4 Å². The number of nitrogens with zero attached hydrogens (tertiary/aromatic N) is 1. The van der Waals surface area contributed by atoms with Crippen molar-refractivity contribution in [2.24, 2.45) is 0 Å². The average Bonchev–Trinajstić information content (AvgIpc) is 2.57. The summed E-state index contributed by atoms with van der Waals surface area (Å²) in [5, 5.41) is 9.18. The normalized spacial score (nSPS) is 10.4. The van der Waals surface area contributed by atoms with Gasteiger partial charge in [0.15, 0.2) is 0 Å². The molecule has 3 aromatic rings. The van der Waals surface area contributed by atoms with Crippen LogP contribution in [-0.4, -0.2) is 4.98 Å². The molecule has 0 atom stereocenters. The van der Waals surface area contributed by atoms with Gasteiger partial charge in [-0.1, -0.05) is 0 Å². The average molecular weight is 326 g/mol. The zero-order valence-electron chi connectivity index (χ0n) is 12.1. The fourth-order valence-electron chi connectivity index (χ4n) is 2.37. The van der Waals surface area contributed by atoms with Crippen LogP contribution >= 0.6 is 0 Å². The number of pyridine rings is 1. The molecule has 0 spiro atoms. The van der Waals surface area contributed by atoms with E-state index in [4.69, 9.17) is 0 Å². The molecule has 0 aliphatic heterocycles. The first kappa shape index (κ1) is 15.6. The monoisotopic (exact) mass is 326 g/mol. The lowest BCUT2D eigenvalue weighted by molar-refractivity contribution is 0.603. The lowest BCUT2D eigenvalue weighted by atomic mass is 9.98. The maximum Gasteiger partial charge on any atom is 0.266 e. The molecule has 0 aliphatic rings. The predicted molar refractivity (Wildman–Crippen MR) is 82.5 cm³/mol. The second kappa shape index (κ2) is 6.05. The van der Waals surface area contributed by atoms with Gasteiger partial charge in [0, 0.05) is 16.8 Å². The molecule has 3 nitrogen and oxygen atoms in total. The van der Waals surface area contributed by atoms with Crippen LogP contribution in [0, 0.1) is 28.8 Å². The van der Waals surface area contributed by atoms with Gasteiger partial charge in [-0.25, -0.2) is 13.2 Å². The molecule has 0 fully saturated rings. The summed E-state index contributed by atoms with van der Waals surface area (Å²) in [7, 11) is 0. The van der Waals surface area contributed by atoms with Gasteiger partial charge >= 0.3 is 0 Å². The third kappa shape index (κ3) is 2.79. The predicted octanol–water partition coefficient (Wildman–Crippen LogP) is 4.00. The van der Waals surface area contributed by atoms with Crippen LogP contribution in [0.2, 0.25) is 0 Å². The SMILES string of the molecule is N#Cc1c(-c2cc(F)ccc2F)cc(-c2ccc(F)cc2)[nH]c1=O. The maximum absolute atomic E-state index is 14.1. The van der Waals surface area contributed by atoms with Gasteiger partial charge in [-0.05, 0) is 54.1 Å². The first-order valence-corrected chi connectivity index (χ1v) is 6.88. The Morgan fingerprint density at radius 2 is 1.54 bits per heavy atom. The van der Waals surface area contributed by atoms with Gasteiger partial charge in [-0.15, -0.1) is 0 Å². The summed E-state index contributed by atoms with van der Waals surface area (Å²) in [5.41, 5.74) is -0.560. The molecule has 0 amide bonds. The van der Waals surface area contributed by atoms with E-state index in [2.05, 4.69) is 4.98 Å². The minimum Gasteiger partial charge on any atom is -0.321 e. The number of H-pyrrole nitrogens is 1. The van der Waals surface area contributed by atoms with E-state index in [1.807, 2.05) is 0 Å². The van der Waals surface area contributed by atoms with Gasteiger partial charge in [-0.2, -0.15) is 5.26 Å². The van der Waals surface area contributed by atoms with E-state index >= 15 is 0 Å². The maximum atomic E-state index is 14.1. The van der Waals surface area contributed by atoms with Crippen molar-refractivity contribution in [2.75, 3.05) is 0 Å². The van der Waals surface area contributed by atoms with Gasteiger partial charge in [0.25, 0.3) is 5.56 Å². The van der Waals surface area contributed by atoms with E-state index < -0.39 is 23.0 Å². The first-order chi connectivity index (χ1) is 11.5. The minimum absolute atomic E-state index is 0.0300. The standard InChI is InChI=1S/C18H9F3N2O/c19-11-3-1-10(2-4-11)17-8-13(15(9-22)18(24)23-17)14-7-12(20)5-6-16(14)21/h1-8H,(H,23,24). The minimum atomic E-state index is -0.761. The molecule has 0 radical (unpaired) electrons. The van der Waals surface area contributed by atoms with E-state index in [1.54, 1.807) is 6.07 Å². The van der Waals surface area contributed by atoms with Crippen molar-refractivity contribution in [3.63, 3.8) is 0 Å². The summed E-state index contributed by atoms with van der Waals surface area (Å²) in [6.45, 7) is 0. The van der Waals surface area contributed by atoms with Crippen LogP contribution in [0.15, 0.2) is 53.3 Å². The van der Waals surface area contributed by atoms with Crippen molar-refractivity contribution in [3.8, 4) is 28.5 Å². The van der Waals surface area contributed by atoms with Gasteiger partial charge in [-0.3, -0.25) is 4.79 Å².